The number of halogens is 1. The summed E-state index contributed by atoms with van der Waals surface area (Å²) in [4.78, 5) is 4.39. The Morgan fingerprint density at radius 2 is 2.18 bits per heavy atom. The lowest BCUT2D eigenvalue weighted by Gasteiger charge is -2.22. The summed E-state index contributed by atoms with van der Waals surface area (Å²) < 4.78 is 1.17. The van der Waals surface area contributed by atoms with Crippen molar-refractivity contribution in [1.82, 2.24) is 4.98 Å². The highest BCUT2D eigenvalue weighted by atomic mass is 35.5. The molecule has 4 heteroatoms. The van der Waals surface area contributed by atoms with Crippen LogP contribution in [0.4, 0.5) is 5.69 Å². The first kappa shape index (κ1) is 12.7. The normalized spacial score (nSPS) is 14.8. The Morgan fingerprint density at radius 3 is 2.88 bits per heavy atom. The van der Waals surface area contributed by atoms with Crippen LogP contribution >= 0.6 is 22.9 Å². The van der Waals surface area contributed by atoms with Crippen LogP contribution in [0.1, 0.15) is 27.2 Å². The van der Waals surface area contributed by atoms with E-state index in [1.54, 1.807) is 11.3 Å². The molecular formula is C13H17ClN2S. The van der Waals surface area contributed by atoms with Crippen LogP contribution in [-0.2, 0) is 0 Å². The summed E-state index contributed by atoms with van der Waals surface area (Å²) in [5.74, 6) is 0.611. The fourth-order valence-electron chi connectivity index (χ4n) is 1.77. The molecule has 0 saturated carbocycles. The molecule has 2 rings (SSSR count). The fraction of sp³-hybridized carbons (Fsp3) is 0.462. The van der Waals surface area contributed by atoms with E-state index in [2.05, 4.69) is 31.1 Å². The molecule has 0 aliphatic carbocycles. The highest BCUT2D eigenvalue weighted by Gasteiger charge is 2.14. The van der Waals surface area contributed by atoms with Gasteiger partial charge in [-0.25, -0.2) is 4.98 Å². The molecule has 0 aliphatic rings. The van der Waals surface area contributed by atoms with Crippen molar-refractivity contribution in [3.8, 4) is 0 Å². The van der Waals surface area contributed by atoms with E-state index in [1.165, 1.54) is 4.70 Å². The average molecular weight is 269 g/mol. The third-order valence-corrected chi connectivity index (χ3v) is 4.43. The number of aromatic nitrogens is 1. The van der Waals surface area contributed by atoms with E-state index in [1.807, 2.05) is 17.6 Å². The monoisotopic (exact) mass is 268 g/mol. The maximum atomic E-state index is 6.25. The second-order valence-electron chi connectivity index (χ2n) is 4.44. The molecule has 0 spiro atoms. The van der Waals surface area contributed by atoms with E-state index < -0.39 is 0 Å². The molecule has 0 radical (unpaired) electrons. The molecule has 0 fully saturated rings. The van der Waals surface area contributed by atoms with Crippen molar-refractivity contribution >= 4 is 38.8 Å². The van der Waals surface area contributed by atoms with Gasteiger partial charge in [-0.2, -0.15) is 0 Å². The number of rotatable bonds is 4. The van der Waals surface area contributed by atoms with E-state index in [9.17, 15) is 0 Å². The van der Waals surface area contributed by atoms with Gasteiger partial charge >= 0.3 is 0 Å². The van der Waals surface area contributed by atoms with Gasteiger partial charge in [0.25, 0.3) is 0 Å². The molecule has 2 nitrogen and oxygen atoms in total. The number of hydrogen-bond donors (Lipinski definition) is 1. The summed E-state index contributed by atoms with van der Waals surface area (Å²) in [7, 11) is 0. The predicted molar refractivity (Wildman–Crippen MR) is 77.2 cm³/mol. The van der Waals surface area contributed by atoms with Crippen LogP contribution in [0, 0.1) is 5.92 Å². The zero-order valence-corrected chi connectivity index (χ0v) is 11.9. The Bertz CT molecular complexity index is 509. The summed E-state index contributed by atoms with van der Waals surface area (Å²) in [5, 5.41) is 4.25. The molecule has 2 aromatic rings. The van der Waals surface area contributed by atoms with Gasteiger partial charge in [0.05, 0.1) is 20.9 Å². The minimum absolute atomic E-state index is 0.393. The molecule has 1 heterocycles. The molecule has 1 aromatic heterocycles. The number of anilines is 1. The van der Waals surface area contributed by atoms with Crippen LogP contribution in [-0.4, -0.2) is 11.0 Å². The molecule has 0 saturated heterocycles. The van der Waals surface area contributed by atoms with Gasteiger partial charge in [-0.15, -0.1) is 11.3 Å². The molecule has 0 bridgehead atoms. The summed E-state index contributed by atoms with van der Waals surface area (Å²) in [6.07, 6.45) is 1.15. The second-order valence-corrected chi connectivity index (χ2v) is 5.73. The number of thiazole rings is 1. The van der Waals surface area contributed by atoms with Gasteiger partial charge in [0.2, 0.25) is 0 Å². The second kappa shape index (κ2) is 5.23. The van der Waals surface area contributed by atoms with Gasteiger partial charge in [0, 0.05) is 6.04 Å². The first-order chi connectivity index (χ1) is 8.13. The lowest BCUT2D eigenvalue weighted by molar-refractivity contribution is 0.495. The van der Waals surface area contributed by atoms with Crippen molar-refractivity contribution in [3.63, 3.8) is 0 Å². The number of hydrogen-bond acceptors (Lipinski definition) is 3. The number of fused-ring (bicyclic) bond motifs is 1. The minimum Gasteiger partial charge on any atom is -0.379 e. The molecule has 1 N–H and O–H groups in total. The van der Waals surface area contributed by atoms with Gasteiger partial charge in [0.1, 0.15) is 5.52 Å². The van der Waals surface area contributed by atoms with E-state index in [0.29, 0.717) is 12.0 Å². The van der Waals surface area contributed by atoms with Gasteiger partial charge in [-0.1, -0.05) is 31.9 Å². The topological polar surface area (TPSA) is 24.9 Å². The van der Waals surface area contributed by atoms with Crippen molar-refractivity contribution in [2.45, 2.75) is 33.2 Å². The van der Waals surface area contributed by atoms with Crippen molar-refractivity contribution in [3.05, 3.63) is 22.7 Å². The Hall–Kier alpha value is -0.800. The first-order valence-corrected chi connectivity index (χ1v) is 7.17. The highest BCUT2D eigenvalue weighted by Crippen LogP contribution is 2.33. The summed E-state index contributed by atoms with van der Waals surface area (Å²) >= 11 is 7.90. The Kier molecular flexibility index (Phi) is 3.89. The zero-order chi connectivity index (χ0) is 12.4. The van der Waals surface area contributed by atoms with E-state index in [4.69, 9.17) is 11.6 Å². The van der Waals surface area contributed by atoms with E-state index in [-0.39, 0.29) is 0 Å². The Balaban J connectivity index is 2.34. The smallest absolute Gasteiger partial charge is 0.106 e. The van der Waals surface area contributed by atoms with Crippen molar-refractivity contribution in [2.24, 2.45) is 5.92 Å². The minimum atomic E-state index is 0.393. The molecular weight excluding hydrogens is 252 g/mol. The van der Waals surface area contributed by atoms with Crippen LogP contribution in [0.5, 0.6) is 0 Å². The van der Waals surface area contributed by atoms with E-state index >= 15 is 0 Å². The van der Waals surface area contributed by atoms with E-state index in [0.717, 1.165) is 22.6 Å². The SMILES string of the molecule is CCC(C)C(C)Nc1c(Cl)ccc2scnc12. The van der Waals surface area contributed by atoms with Crippen molar-refractivity contribution in [2.75, 3.05) is 5.32 Å². The highest BCUT2D eigenvalue weighted by molar-refractivity contribution is 7.16. The third-order valence-electron chi connectivity index (χ3n) is 3.32. The van der Waals surface area contributed by atoms with Gasteiger partial charge < -0.3 is 5.32 Å². The largest absolute Gasteiger partial charge is 0.379 e. The van der Waals surface area contributed by atoms with Crippen molar-refractivity contribution < 1.29 is 0 Å². The summed E-state index contributed by atoms with van der Waals surface area (Å²) in [5.41, 5.74) is 3.82. The standard InChI is InChI=1S/C13H17ClN2S/c1-4-8(2)9(3)16-12-10(14)5-6-11-13(12)15-7-17-11/h5-9,16H,4H2,1-3H3. The van der Waals surface area contributed by atoms with Crippen LogP contribution in [0.15, 0.2) is 17.6 Å². The van der Waals surface area contributed by atoms with Crippen molar-refractivity contribution in [1.29, 1.82) is 0 Å². The molecule has 1 aromatic carbocycles. The fourth-order valence-corrected chi connectivity index (χ4v) is 2.66. The maximum absolute atomic E-state index is 6.25. The average Bonchev–Trinajstić information content (AvgIpc) is 2.80. The van der Waals surface area contributed by atoms with Crippen LogP contribution in [0.25, 0.3) is 10.2 Å². The Morgan fingerprint density at radius 1 is 1.41 bits per heavy atom. The molecule has 2 unspecified atom stereocenters. The molecule has 0 aliphatic heterocycles. The van der Waals surface area contributed by atoms with Crippen LogP contribution < -0.4 is 5.32 Å². The maximum Gasteiger partial charge on any atom is 0.106 e. The third kappa shape index (κ3) is 2.55. The molecule has 92 valence electrons. The number of nitrogens with zero attached hydrogens (tertiary/aromatic N) is 1. The summed E-state index contributed by atoms with van der Waals surface area (Å²) in [6.45, 7) is 6.64. The zero-order valence-electron chi connectivity index (χ0n) is 10.3. The number of nitrogens with one attached hydrogen (secondary N) is 1. The van der Waals surface area contributed by atoms with Gasteiger partial charge in [0.15, 0.2) is 0 Å². The lowest BCUT2D eigenvalue weighted by Crippen LogP contribution is -2.23. The molecule has 2 atom stereocenters. The number of benzene rings is 1. The van der Waals surface area contributed by atoms with Crippen LogP contribution in [0.2, 0.25) is 5.02 Å². The molecule has 0 amide bonds. The molecule has 17 heavy (non-hydrogen) atoms. The first-order valence-electron chi connectivity index (χ1n) is 5.91. The predicted octanol–water partition coefficient (Wildman–Crippen LogP) is 4.80. The quantitative estimate of drug-likeness (QED) is 0.862. The van der Waals surface area contributed by atoms with Gasteiger partial charge in [-0.05, 0) is 25.0 Å². The lowest BCUT2D eigenvalue weighted by atomic mass is 10.0. The van der Waals surface area contributed by atoms with Crippen LogP contribution in [0.3, 0.4) is 0 Å². The van der Waals surface area contributed by atoms with Gasteiger partial charge in [-0.3, -0.25) is 0 Å². The summed E-state index contributed by atoms with van der Waals surface area (Å²) in [6, 6.07) is 4.35. The Labute approximate surface area is 111 Å².